The average molecular weight is 696 g/mol. The van der Waals surface area contributed by atoms with Gasteiger partial charge in [0.15, 0.2) is 0 Å². The van der Waals surface area contributed by atoms with Gasteiger partial charge in [0.2, 0.25) is 5.91 Å². The van der Waals surface area contributed by atoms with E-state index < -0.39 is 28.0 Å². The summed E-state index contributed by atoms with van der Waals surface area (Å²) in [5.41, 5.74) is 0. The second-order valence-corrected chi connectivity index (χ2v) is 15.4. The second-order valence-electron chi connectivity index (χ2n) is 13.9. The quantitative estimate of drug-likeness (QED) is 0.0344. The molecule has 0 aliphatic carbocycles. The van der Waals surface area contributed by atoms with Crippen molar-refractivity contribution in [2.45, 2.75) is 212 Å². The van der Waals surface area contributed by atoms with E-state index in [9.17, 15) is 22.9 Å². The molecule has 0 saturated carbocycles. The summed E-state index contributed by atoms with van der Waals surface area (Å²) >= 11 is 0. The highest BCUT2D eigenvalue weighted by molar-refractivity contribution is 7.85. The summed E-state index contributed by atoms with van der Waals surface area (Å²) < 4.78 is 32.4. The lowest BCUT2D eigenvalue weighted by Crippen LogP contribution is -2.46. The first-order valence-electron chi connectivity index (χ1n) is 20.2. The minimum absolute atomic E-state index is 0.286. The predicted molar refractivity (Wildman–Crippen MR) is 207 cm³/mol. The molecule has 0 aromatic carbocycles. The molecule has 2 atom stereocenters. The fourth-order valence-electron chi connectivity index (χ4n) is 5.99. The molecule has 3 N–H and O–H groups in total. The zero-order valence-corrected chi connectivity index (χ0v) is 32.2. The van der Waals surface area contributed by atoms with Crippen LogP contribution in [0.15, 0.2) is 36.5 Å². The number of allylic oxidation sites excluding steroid dienone is 5. The van der Waals surface area contributed by atoms with Crippen molar-refractivity contribution >= 4 is 16.0 Å². The van der Waals surface area contributed by atoms with Gasteiger partial charge in [-0.1, -0.05) is 172 Å². The molecule has 0 radical (unpaired) electrons. The Morgan fingerprint density at radius 1 is 0.542 bits per heavy atom. The molecule has 48 heavy (non-hydrogen) atoms. The van der Waals surface area contributed by atoms with E-state index >= 15 is 0 Å². The topological polar surface area (TPSA) is 104 Å². The number of carbonyl (C=O) groups is 1. The van der Waals surface area contributed by atoms with Crippen LogP contribution in [0.2, 0.25) is 0 Å². The van der Waals surface area contributed by atoms with Gasteiger partial charge in [-0.3, -0.25) is 9.35 Å². The van der Waals surface area contributed by atoms with E-state index in [1.54, 1.807) is 6.08 Å². The first kappa shape index (κ1) is 46.6. The van der Waals surface area contributed by atoms with E-state index in [0.717, 1.165) is 32.1 Å². The molecule has 0 heterocycles. The molecule has 0 aromatic heterocycles. The summed E-state index contributed by atoms with van der Waals surface area (Å²) in [6.07, 6.45) is 45.6. The van der Waals surface area contributed by atoms with Gasteiger partial charge < -0.3 is 10.4 Å². The minimum Gasteiger partial charge on any atom is -0.387 e. The number of aliphatic hydroxyl groups excluding tert-OH is 1. The van der Waals surface area contributed by atoms with Crippen molar-refractivity contribution in [2.75, 3.05) is 5.75 Å². The molecule has 0 saturated heterocycles. The van der Waals surface area contributed by atoms with Gasteiger partial charge in [-0.2, -0.15) is 8.42 Å². The molecule has 0 rings (SSSR count). The number of aliphatic hydroxyl groups is 1. The van der Waals surface area contributed by atoms with Crippen molar-refractivity contribution in [3.8, 4) is 0 Å². The van der Waals surface area contributed by atoms with Gasteiger partial charge in [0, 0.05) is 6.42 Å². The lowest BCUT2D eigenvalue weighted by molar-refractivity contribution is -0.122. The van der Waals surface area contributed by atoms with Crippen molar-refractivity contribution in [1.29, 1.82) is 0 Å². The van der Waals surface area contributed by atoms with Crippen LogP contribution in [-0.4, -0.2) is 41.9 Å². The highest BCUT2D eigenvalue weighted by Gasteiger charge is 2.24. The molecule has 0 fully saturated rings. The summed E-state index contributed by atoms with van der Waals surface area (Å²) in [6, 6.07) is -1.07. The predicted octanol–water partition coefficient (Wildman–Crippen LogP) is 11.7. The average Bonchev–Trinajstić information content (AvgIpc) is 3.05. The highest BCUT2D eigenvalue weighted by atomic mass is 32.2. The zero-order chi connectivity index (χ0) is 35.4. The van der Waals surface area contributed by atoms with E-state index in [1.165, 1.54) is 147 Å². The van der Waals surface area contributed by atoms with Crippen molar-refractivity contribution in [3.63, 3.8) is 0 Å². The smallest absolute Gasteiger partial charge is 0.267 e. The van der Waals surface area contributed by atoms with E-state index in [2.05, 4.69) is 43.5 Å². The lowest BCUT2D eigenvalue weighted by Gasteiger charge is -2.21. The molecule has 1 amide bonds. The van der Waals surface area contributed by atoms with Gasteiger partial charge in [-0.25, -0.2) is 0 Å². The second kappa shape index (κ2) is 35.4. The van der Waals surface area contributed by atoms with Crippen molar-refractivity contribution < 1.29 is 22.9 Å². The molecule has 0 spiro atoms. The highest BCUT2D eigenvalue weighted by Crippen LogP contribution is 2.14. The van der Waals surface area contributed by atoms with E-state index in [-0.39, 0.29) is 12.3 Å². The molecular formula is C41H77NO5S. The molecule has 0 aliphatic heterocycles. The molecule has 6 nitrogen and oxygen atoms in total. The largest absolute Gasteiger partial charge is 0.387 e. The van der Waals surface area contributed by atoms with Gasteiger partial charge in [-0.15, -0.1) is 0 Å². The fourth-order valence-corrected chi connectivity index (χ4v) is 6.72. The molecule has 282 valence electrons. The Balaban J connectivity index is 3.90. The van der Waals surface area contributed by atoms with Gasteiger partial charge >= 0.3 is 0 Å². The van der Waals surface area contributed by atoms with E-state index in [4.69, 9.17) is 0 Å². The number of hydrogen-bond donors (Lipinski definition) is 3. The summed E-state index contributed by atoms with van der Waals surface area (Å²) in [5.74, 6) is -1.00. The van der Waals surface area contributed by atoms with Crippen LogP contribution in [0.3, 0.4) is 0 Å². The van der Waals surface area contributed by atoms with Crippen LogP contribution in [0.4, 0.5) is 0 Å². The van der Waals surface area contributed by atoms with Crippen LogP contribution in [-0.2, 0) is 14.9 Å². The van der Waals surface area contributed by atoms with Gasteiger partial charge in [0.25, 0.3) is 10.1 Å². The Bertz CT molecular complexity index is 899. The van der Waals surface area contributed by atoms with Crippen LogP contribution >= 0.6 is 0 Å². The third-order valence-electron chi connectivity index (χ3n) is 9.04. The summed E-state index contributed by atoms with van der Waals surface area (Å²) in [7, 11) is -4.35. The molecular weight excluding hydrogens is 619 g/mol. The van der Waals surface area contributed by atoms with Crippen LogP contribution < -0.4 is 5.32 Å². The molecule has 0 aromatic rings. The number of hydrogen-bond acceptors (Lipinski definition) is 4. The SMILES string of the molecule is CCCCCCCC/C=C/CC/C=C/C(O)C(CS(=O)(=O)O)NC(=O)CCCCCCCCCCC/C=C\CCCCCCCCCC. The van der Waals surface area contributed by atoms with Crippen molar-refractivity contribution in [3.05, 3.63) is 36.5 Å². The number of rotatable bonds is 36. The summed E-state index contributed by atoms with van der Waals surface area (Å²) in [5, 5.41) is 13.2. The van der Waals surface area contributed by atoms with Crippen molar-refractivity contribution in [1.82, 2.24) is 5.32 Å². The lowest BCUT2D eigenvalue weighted by atomic mass is 10.0. The Kier molecular flexibility index (Phi) is 34.3. The van der Waals surface area contributed by atoms with Crippen LogP contribution in [0.25, 0.3) is 0 Å². The van der Waals surface area contributed by atoms with Gasteiger partial charge in [0.05, 0.1) is 17.9 Å². The Morgan fingerprint density at radius 3 is 1.31 bits per heavy atom. The van der Waals surface area contributed by atoms with E-state index in [0.29, 0.717) is 6.42 Å². The summed E-state index contributed by atoms with van der Waals surface area (Å²) in [6.45, 7) is 4.50. The van der Waals surface area contributed by atoms with Crippen LogP contribution in [0.5, 0.6) is 0 Å². The fraction of sp³-hybridized carbons (Fsp3) is 0.829. The molecule has 0 aliphatic rings. The van der Waals surface area contributed by atoms with Gasteiger partial charge in [0.1, 0.15) is 0 Å². The van der Waals surface area contributed by atoms with Gasteiger partial charge in [-0.05, 0) is 57.8 Å². The van der Waals surface area contributed by atoms with Crippen molar-refractivity contribution in [2.24, 2.45) is 0 Å². The Labute approximate surface area is 297 Å². The van der Waals surface area contributed by atoms with Crippen LogP contribution in [0, 0.1) is 0 Å². The number of carbonyl (C=O) groups excluding carboxylic acids is 1. The number of unbranched alkanes of at least 4 members (excludes halogenated alkanes) is 24. The maximum atomic E-state index is 12.5. The van der Waals surface area contributed by atoms with Crippen LogP contribution in [0.1, 0.15) is 200 Å². The standard InChI is InChI=1S/C41H77NO5S/c1-3-5-7-9-11-13-15-17-18-19-20-21-22-23-24-25-27-29-31-33-35-37-41(44)42-39(38-48(45,46)47)40(43)36-34-32-30-28-26-16-14-12-10-8-6-4-2/h19-20,26,28,34,36,39-40,43H,3-18,21-25,27,29-33,35,37-38H2,1-2H3,(H,42,44)(H,45,46,47)/b20-19-,28-26+,36-34+. The Hall–Kier alpha value is -1.44. The third-order valence-corrected chi connectivity index (χ3v) is 9.82. The minimum atomic E-state index is -4.35. The molecule has 7 heteroatoms. The molecule has 2 unspecified atom stereocenters. The first-order valence-corrected chi connectivity index (χ1v) is 21.8. The number of nitrogens with one attached hydrogen (secondary N) is 1. The molecule has 0 bridgehead atoms. The monoisotopic (exact) mass is 696 g/mol. The normalized spacial score (nSPS) is 13.7. The summed E-state index contributed by atoms with van der Waals surface area (Å²) in [4.78, 5) is 12.5. The van der Waals surface area contributed by atoms with E-state index in [1.807, 2.05) is 0 Å². The zero-order valence-electron chi connectivity index (χ0n) is 31.4. The Morgan fingerprint density at radius 2 is 0.896 bits per heavy atom. The number of amides is 1. The maximum Gasteiger partial charge on any atom is 0.267 e. The maximum absolute atomic E-state index is 12.5. The first-order chi connectivity index (χ1) is 23.3. The third kappa shape index (κ3) is 35.9.